The molecule has 0 unspecified atom stereocenters. The minimum Gasteiger partial charge on any atom is -0.380 e. The van der Waals surface area contributed by atoms with E-state index in [1.165, 1.54) is 0 Å². The summed E-state index contributed by atoms with van der Waals surface area (Å²) in [5.41, 5.74) is 1.30. The Morgan fingerprint density at radius 1 is 0.313 bits per heavy atom. The van der Waals surface area contributed by atoms with Crippen LogP contribution >= 0.6 is 0 Å². The monoisotopic (exact) mass is 1650 g/mol. The van der Waals surface area contributed by atoms with Crippen molar-refractivity contribution in [3.63, 3.8) is 0 Å². The van der Waals surface area contributed by atoms with Gasteiger partial charge in [0.2, 0.25) is 35.4 Å². The van der Waals surface area contributed by atoms with Gasteiger partial charge in [-0.2, -0.15) is 10.5 Å². The Bertz CT molecular complexity index is 2690. The first kappa shape index (κ1) is 104. The Morgan fingerprint density at radius 3 is 0.974 bits per heavy atom. The van der Waals surface area contributed by atoms with E-state index in [1.54, 1.807) is 0 Å². The molecule has 660 valence electrons. The normalized spacial score (nSPS) is 13.1. The molecular formula is C77H133N9O29. The molecule has 0 aliphatic carbocycles. The van der Waals surface area contributed by atoms with E-state index in [0.717, 1.165) is 101 Å². The Labute approximate surface area is 676 Å². The van der Waals surface area contributed by atoms with E-state index in [0.29, 0.717) is 162 Å². The number of hydroxylamine groups is 5. The second-order valence-electron chi connectivity index (χ2n) is 27.4. The van der Waals surface area contributed by atoms with Gasteiger partial charge < -0.3 is 108 Å². The molecule has 0 aromatic heterocycles. The highest BCUT2D eigenvalue weighted by atomic mass is 16.7. The van der Waals surface area contributed by atoms with E-state index in [2.05, 4.69) is 36.7 Å². The van der Waals surface area contributed by atoms with Crippen LogP contribution in [0.3, 0.4) is 0 Å². The van der Waals surface area contributed by atoms with Gasteiger partial charge in [0.15, 0.2) is 0 Å². The summed E-state index contributed by atoms with van der Waals surface area (Å²) in [6, 6.07) is 0. The summed E-state index contributed by atoms with van der Waals surface area (Å²) >= 11 is 0. The van der Waals surface area contributed by atoms with E-state index in [1.807, 2.05) is 12.4 Å². The third-order valence-electron chi connectivity index (χ3n) is 17.0. The molecule has 0 aromatic carbocycles. The number of aldehydes is 1. The molecule has 115 heavy (non-hydrogen) atoms. The fourth-order valence-electron chi connectivity index (χ4n) is 10.6. The van der Waals surface area contributed by atoms with Gasteiger partial charge in [0.05, 0.1) is 184 Å². The molecule has 2 fully saturated rings. The molecule has 0 saturated carbocycles. The number of unbranched alkanes of at least 4 members (excludes halogenated alkanes) is 12. The topological polar surface area (TPSA) is 468 Å². The summed E-state index contributed by atoms with van der Waals surface area (Å²) in [5, 5.41) is 19.0. The van der Waals surface area contributed by atoms with Crippen molar-refractivity contribution in [1.29, 1.82) is 0 Å². The van der Waals surface area contributed by atoms with Gasteiger partial charge in [-0.3, -0.25) is 47.9 Å². The fourth-order valence-corrected chi connectivity index (χ4v) is 10.6. The predicted molar refractivity (Wildman–Crippen MR) is 411 cm³/mol. The molecule has 2 rings (SSSR count). The average molecular weight is 1650 g/mol. The number of carbonyl (C=O) groups is 14. The number of hydrogen-bond donors (Lipinski definition) is 7. The third kappa shape index (κ3) is 64.3. The standard InChI is InChI=1S/C77H133N9O29/c1-77(61-110-40-26-67(91)78-32-14-8-2-5-11-19-64(88)81-35-46-104-52-58-107-55-49-101-43-29-74(98)113-84-70(94)22-18-39-87,62-111-41-27-68(92)79-33-15-9-3-6-12-20-65(89)82-36-47-105-53-59-108-56-50-102-44-30-75(99)114-85-38-17-23-71(85)95)63-112-42-28-69(93)80-34-16-10-4-7-13-21-66(90)83-37-48-106-54-60-109-57-51-103-45-31-76(100)115-86-72(96)24-25-73(86)97/h39H,2-38,40-63H2,1H3,(H,78,91)(H,79,92)(H,80,93)(H,81,88)(H,82,89)(H,83,90)(H,84,94)/t77-/m1/s1. The molecule has 10 amide bonds. The summed E-state index contributed by atoms with van der Waals surface area (Å²) in [7, 11) is 0. The largest absolute Gasteiger partial charge is 0.380 e. The van der Waals surface area contributed by atoms with Gasteiger partial charge in [-0.25, -0.2) is 14.4 Å². The second-order valence-corrected chi connectivity index (χ2v) is 27.4. The van der Waals surface area contributed by atoms with E-state index in [4.69, 9.17) is 66.5 Å². The molecule has 2 aliphatic rings. The van der Waals surface area contributed by atoms with Gasteiger partial charge in [0.25, 0.3) is 23.6 Å². The van der Waals surface area contributed by atoms with Crippen LogP contribution < -0.4 is 37.4 Å². The van der Waals surface area contributed by atoms with Crippen LogP contribution in [0.1, 0.15) is 200 Å². The van der Waals surface area contributed by atoms with E-state index in [9.17, 15) is 67.1 Å². The zero-order valence-electron chi connectivity index (χ0n) is 67.9. The van der Waals surface area contributed by atoms with Gasteiger partial charge in [-0.15, -0.1) is 5.06 Å². The zero-order chi connectivity index (χ0) is 83.6. The van der Waals surface area contributed by atoms with Crippen molar-refractivity contribution in [2.75, 3.05) is 204 Å². The predicted octanol–water partition coefficient (Wildman–Crippen LogP) is 2.49. The third-order valence-corrected chi connectivity index (χ3v) is 17.0. The highest BCUT2D eigenvalue weighted by Gasteiger charge is 2.33. The molecule has 2 aliphatic heterocycles. The molecule has 0 spiro atoms. The lowest BCUT2D eigenvalue weighted by atomic mass is 9.94. The van der Waals surface area contributed by atoms with Crippen molar-refractivity contribution in [3.8, 4) is 0 Å². The van der Waals surface area contributed by atoms with E-state index in [-0.39, 0.29) is 191 Å². The molecule has 38 heteroatoms. The summed E-state index contributed by atoms with van der Waals surface area (Å²) in [6.07, 6.45) is 15.8. The van der Waals surface area contributed by atoms with Crippen LogP contribution in [0.5, 0.6) is 0 Å². The van der Waals surface area contributed by atoms with Gasteiger partial charge in [-0.1, -0.05) is 64.7 Å². The maximum atomic E-state index is 12.7. The maximum Gasteiger partial charge on any atom is 0.335 e. The van der Waals surface area contributed by atoms with E-state index >= 15 is 0 Å². The van der Waals surface area contributed by atoms with Crippen LogP contribution in [0.25, 0.3) is 0 Å². The van der Waals surface area contributed by atoms with Crippen molar-refractivity contribution >= 4 is 83.3 Å². The second kappa shape index (κ2) is 72.9. The molecule has 0 bridgehead atoms. The quantitative estimate of drug-likeness (QED) is 0.0199. The summed E-state index contributed by atoms with van der Waals surface area (Å²) in [6.45, 7) is 11.0. The molecule has 1 atom stereocenters. The Kier molecular flexibility index (Phi) is 65.7. The highest BCUT2D eigenvalue weighted by Crippen LogP contribution is 2.20. The van der Waals surface area contributed by atoms with Crippen LogP contribution in [0.15, 0.2) is 0 Å². The SMILES string of the molecule is C[C@@](COCCC(=O)NCCCCCCCC(=O)NCCOCCOCCOCCC(=O)ONC(=O)CCC=O)(COCCC(=O)NCCCCCCCC(=O)NCCOCCOCCOCCC(=O)ON1CCCC1=O)COCCC(=O)NCCCCCCCC(=O)NCCOCCOCCOCCC(=O)ON1C(=O)CCC1=O. The van der Waals surface area contributed by atoms with Gasteiger partial charge in [-0.05, 0) is 44.9 Å². The van der Waals surface area contributed by atoms with E-state index < -0.39 is 41.0 Å². The van der Waals surface area contributed by atoms with Crippen LogP contribution in [0, 0.1) is 5.41 Å². The van der Waals surface area contributed by atoms with Crippen LogP contribution in [-0.4, -0.2) is 298 Å². The number of amides is 10. The minimum absolute atomic E-state index is 0.0246. The number of nitrogens with zero attached hydrogens (tertiary/aromatic N) is 2. The Hall–Kier alpha value is -7.50. The van der Waals surface area contributed by atoms with Crippen molar-refractivity contribution in [2.45, 2.75) is 200 Å². The Morgan fingerprint density at radius 2 is 0.617 bits per heavy atom. The molecular weight excluding hydrogens is 1510 g/mol. The van der Waals surface area contributed by atoms with Crippen molar-refractivity contribution in [1.82, 2.24) is 47.5 Å². The maximum absolute atomic E-state index is 12.7. The van der Waals surface area contributed by atoms with Crippen molar-refractivity contribution < 1.29 is 138 Å². The lowest BCUT2D eigenvalue weighted by Gasteiger charge is -2.29. The number of carbonyl (C=O) groups excluding carboxylic acids is 14. The zero-order valence-corrected chi connectivity index (χ0v) is 67.9. The van der Waals surface area contributed by atoms with Crippen LogP contribution in [0.2, 0.25) is 0 Å². The molecule has 2 saturated heterocycles. The molecule has 0 radical (unpaired) electrons. The Balaban J connectivity index is 1.56. The number of imide groups is 1. The lowest BCUT2D eigenvalue weighted by Crippen LogP contribution is -2.36. The molecule has 0 aromatic rings. The number of ether oxygens (including phenoxy) is 12. The first-order chi connectivity index (χ1) is 55.9. The number of hydrogen-bond acceptors (Lipinski definition) is 29. The van der Waals surface area contributed by atoms with Gasteiger partial charge in [0.1, 0.15) is 6.29 Å². The number of rotatable bonds is 80. The summed E-state index contributed by atoms with van der Waals surface area (Å²) in [4.78, 5) is 181. The summed E-state index contributed by atoms with van der Waals surface area (Å²) < 4.78 is 66.8. The average Bonchev–Trinajstić information content (AvgIpc) is 1.72. The molecule has 2 heterocycles. The minimum atomic E-state index is -0.736. The molecule has 7 N–H and O–H groups in total. The number of nitrogens with one attached hydrogen (secondary N) is 7. The summed E-state index contributed by atoms with van der Waals surface area (Å²) in [5.74, 6) is -4.35. The first-order valence-electron chi connectivity index (χ1n) is 40.9. The first-order valence-corrected chi connectivity index (χ1v) is 40.9. The fraction of sp³-hybridized carbons (Fsp3) is 0.818. The van der Waals surface area contributed by atoms with Crippen LogP contribution in [-0.2, 0) is 138 Å². The molecule has 38 nitrogen and oxygen atoms in total. The smallest absolute Gasteiger partial charge is 0.335 e. The van der Waals surface area contributed by atoms with Crippen LogP contribution in [0.4, 0.5) is 0 Å². The highest BCUT2D eigenvalue weighted by molar-refractivity contribution is 6.01. The van der Waals surface area contributed by atoms with Crippen molar-refractivity contribution in [3.05, 3.63) is 0 Å². The van der Waals surface area contributed by atoms with Gasteiger partial charge in [0, 0.05) is 115 Å². The van der Waals surface area contributed by atoms with Crippen molar-refractivity contribution in [2.24, 2.45) is 5.41 Å². The van der Waals surface area contributed by atoms with Gasteiger partial charge >= 0.3 is 17.9 Å². The lowest BCUT2D eigenvalue weighted by molar-refractivity contribution is -0.198.